The fraction of sp³-hybridized carbons (Fsp3) is 0.333. The van der Waals surface area contributed by atoms with Gasteiger partial charge in [-0.3, -0.25) is 14.7 Å². The molecule has 0 amide bonds. The number of aromatic amines is 1. The number of hydrogen-bond acceptors (Lipinski definition) is 4. The van der Waals surface area contributed by atoms with E-state index in [4.69, 9.17) is 0 Å². The summed E-state index contributed by atoms with van der Waals surface area (Å²) in [5.74, 6) is 0.706. The van der Waals surface area contributed by atoms with E-state index in [1.807, 2.05) is 24.3 Å². The molecule has 148 valence electrons. The zero-order chi connectivity index (χ0) is 19.6. The van der Waals surface area contributed by atoms with Crippen LogP contribution in [0, 0.1) is 0 Å². The number of H-pyrrole nitrogens is 1. The van der Waals surface area contributed by atoms with Crippen LogP contribution in [0.2, 0.25) is 0 Å². The second-order valence-corrected chi connectivity index (χ2v) is 7.97. The van der Waals surface area contributed by atoms with E-state index in [9.17, 15) is 4.79 Å². The lowest BCUT2D eigenvalue weighted by Crippen LogP contribution is -2.47. The van der Waals surface area contributed by atoms with Gasteiger partial charge in [0.25, 0.3) is 5.56 Å². The highest BCUT2D eigenvalue weighted by molar-refractivity contribution is 5.78. The van der Waals surface area contributed by atoms with Crippen molar-refractivity contribution in [2.75, 3.05) is 31.1 Å². The third-order valence-corrected chi connectivity index (χ3v) is 6.27. The molecule has 2 aromatic carbocycles. The van der Waals surface area contributed by atoms with Crippen molar-refractivity contribution in [2.45, 2.75) is 25.3 Å². The van der Waals surface area contributed by atoms with Crippen LogP contribution in [0.15, 0.2) is 65.5 Å². The molecule has 3 aromatic rings. The Kier molecular flexibility index (Phi) is 4.90. The first-order valence-corrected chi connectivity index (χ1v) is 10.5. The van der Waals surface area contributed by atoms with E-state index >= 15 is 0 Å². The summed E-state index contributed by atoms with van der Waals surface area (Å²) in [4.78, 5) is 24.9. The molecule has 0 spiro atoms. The lowest BCUT2D eigenvalue weighted by Gasteiger charge is -2.40. The Labute approximate surface area is 170 Å². The number of aromatic nitrogens is 2. The number of piperidine rings is 1. The monoisotopic (exact) mass is 386 g/mol. The van der Waals surface area contributed by atoms with Gasteiger partial charge in [0.2, 0.25) is 5.95 Å². The minimum absolute atomic E-state index is 0.0534. The van der Waals surface area contributed by atoms with Gasteiger partial charge in [0.15, 0.2) is 0 Å². The lowest BCUT2D eigenvalue weighted by atomic mass is 9.96. The van der Waals surface area contributed by atoms with E-state index in [0.29, 0.717) is 17.4 Å². The second-order valence-electron chi connectivity index (χ2n) is 7.97. The molecular formula is C24H26N4O. The van der Waals surface area contributed by atoms with Crippen LogP contribution in [0.4, 0.5) is 5.95 Å². The number of rotatable bonds is 3. The summed E-state index contributed by atoms with van der Waals surface area (Å²) in [5.41, 5.74) is 3.54. The predicted molar refractivity (Wildman–Crippen MR) is 118 cm³/mol. The third kappa shape index (κ3) is 3.70. The smallest absolute Gasteiger partial charge is 0.260 e. The fourth-order valence-electron chi connectivity index (χ4n) is 4.60. The molecule has 0 unspecified atom stereocenters. The first-order chi connectivity index (χ1) is 14.3. The van der Waals surface area contributed by atoms with Crippen molar-refractivity contribution >= 4 is 22.4 Å². The Balaban J connectivity index is 1.23. The van der Waals surface area contributed by atoms with Gasteiger partial charge in [-0.1, -0.05) is 48.5 Å². The number of nitrogens with zero attached hydrogens (tertiary/aromatic N) is 3. The maximum atomic E-state index is 12.4. The van der Waals surface area contributed by atoms with Crippen LogP contribution >= 0.6 is 0 Å². The minimum atomic E-state index is -0.0534. The molecule has 1 N–H and O–H groups in total. The molecule has 3 heterocycles. The molecule has 0 bridgehead atoms. The average Bonchev–Trinajstić information content (AvgIpc) is 2.80. The van der Waals surface area contributed by atoms with Gasteiger partial charge >= 0.3 is 0 Å². The molecule has 1 saturated heterocycles. The summed E-state index contributed by atoms with van der Waals surface area (Å²) >= 11 is 0. The summed E-state index contributed by atoms with van der Waals surface area (Å²) < 4.78 is 0. The van der Waals surface area contributed by atoms with Gasteiger partial charge < -0.3 is 4.90 Å². The van der Waals surface area contributed by atoms with Crippen molar-refractivity contribution in [3.05, 3.63) is 76.6 Å². The largest absolute Gasteiger partial charge is 0.342 e. The van der Waals surface area contributed by atoms with Crippen LogP contribution in [0.1, 0.15) is 24.8 Å². The van der Waals surface area contributed by atoms with E-state index in [1.165, 1.54) is 11.1 Å². The molecule has 5 rings (SSSR count). The molecule has 5 heteroatoms. The van der Waals surface area contributed by atoms with E-state index < -0.39 is 0 Å². The molecule has 2 aliphatic rings. The highest BCUT2D eigenvalue weighted by Crippen LogP contribution is 2.26. The molecule has 0 saturated carbocycles. The van der Waals surface area contributed by atoms with Crippen LogP contribution in [-0.4, -0.2) is 47.1 Å². The maximum absolute atomic E-state index is 12.4. The van der Waals surface area contributed by atoms with Crippen molar-refractivity contribution in [1.29, 1.82) is 0 Å². The molecule has 0 aliphatic carbocycles. The fourth-order valence-corrected chi connectivity index (χ4v) is 4.60. The van der Waals surface area contributed by atoms with Crippen molar-refractivity contribution in [3.8, 4) is 0 Å². The maximum Gasteiger partial charge on any atom is 0.260 e. The number of para-hydroxylation sites is 1. The first kappa shape index (κ1) is 18.1. The third-order valence-electron chi connectivity index (χ3n) is 6.27. The van der Waals surface area contributed by atoms with Crippen LogP contribution in [-0.2, 0) is 0 Å². The van der Waals surface area contributed by atoms with Gasteiger partial charge in [-0.15, -0.1) is 0 Å². The van der Waals surface area contributed by atoms with Crippen molar-refractivity contribution in [2.24, 2.45) is 0 Å². The van der Waals surface area contributed by atoms with Gasteiger partial charge in [-0.2, -0.15) is 0 Å². The number of anilines is 1. The molecule has 5 nitrogen and oxygen atoms in total. The zero-order valence-electron chi connectivity index (χ0n) is 16.6. The number of nitrogens with one attached hydrogen (secondary N) is 1. The Morgan fingerprint density at radius 3 is 2.45 bits per heavy atom. The van der Waals surface area contributed by atoms with Gasteiger partial charge in [0.05, 0.1) is 10.9 Å². The van der Waals surface area contributed by atoms with Crippen LogP contribution in [0.5, 0.6) is 0 Å². The highest BCUT2D eigenvalue weighted by Gasteiger charge is 2.27. The van der Waals surface area contributed by atoms with Crippen molar-refractivity contribution < 1.29 is 0 Å². The molecule has 1 aromatic heterocycles. The van der Waals surface area contributed by atoms with E-state index in [1.54, 1.807) is 0 Å². The van der Waals surface area contributed by atoms with E-state index in [2.05, 4.69) is 56.2 Å². The number of hydrogen-bond donors (Lipinski definition) is 1. The Bertz CT molecular complexity index is 1080. The van der Waals surface area contributed by atoms with E-state index in [0.717, 1.165) is 51.0 Å². The van der Waals surface area contributed by atoms with Crippen molar-refractivity contribution in [1.82, 2.24) is 14.9 Å². The van der Waals surface area contributed by atoms with Gasteiger partial charge in [0.1, 0.15) is 0 Å². The second kappa shape index (κ2) is 7.84. The summed E-state index contributed by atoms with van der Waals surface area (Å²) in [5, 5.41) is 0.653. The highest BCUT2D eigenvalue weighted by atomic mass is 16.1. The van der Waals surface area contributed by atoms with Gasteiger partial charge in [0, 0.05) is 32.2 Å². The van der Waals surface area contributed by atoms with E-state index in [-0.39, 0.29) is 5.56 Å². The summed E-state index contributed by atoms with van der Waals surface area (Å²) in [6, 6.07) is 18.9. The molecule has 2 aliphatic heterocycles. The van der Waals surface area contributed by atoms with Gasteiger partial charge in [-0.25, -0.2) is 4.98 Å². The first-order valence-electron chi connectivity index (χ1n) is 10.5. The van der Waals surface area contributed by atoms with Crippen LogP contribution < -0.4 is 10.5 Å². The number of benzene rings is 2. The Morgan fingerprint density at radius 2 is 1.69 bits per heavy atom. The van der Waals surface area contributed by atoms with Gasteiger partial charge in [-0.05, 0) is 42.5 Å². The molecule has 1 fully saturated rings. The minimum Gasteiger partial charge on any atom is -0.342 e. The molecule has 0 atom stereocenters. The SMILES string of the molecule is O=c1[nH]c(N2CCC(N3CC=C(c4ccccc4)CC3)CC2)nc2ccccc12. The number of fused-ring (bicyclic) bond motifs is 1. The summed E-state index contributed by atoms with van der Waals surface area (Å²) in [6.07, 6.45) is 5.72. The quantitative estimate of drug-likeness (QED) is 0.746. The van der Waals surface area contributed by atoms with Crippen LogP contribution in [0.3, 0.4) is 0 Å². The predicted octanol–water partition coefficient (Wildman–Crippen LogP) is 3.68. The topological polar surface area (TPSA) is 52.2 Å². The Hall–Kier alpha value is -2.92. The normalized spacial score (nSPS) is 18.8. The van der Waals surface area contributed by atoms with Crippen LogP contribution in [0.25, 0.3) is 16.5 Å². The Morgan fingerprint density at radius 1 is 0.931 bits per heavy atom. The summed E-state index contributed by atoms with van der Waals surface area (Å²) in [6.45, 7) is 4.01. The van der Waals surface area contributed by atoms with Crippen molar-refractivity contribution in [3.63, 3.8) is 0 Å². The summed E-state index contributed by atoms with van der Waals surface area (Å²) in [7, 11) is 0. The standard InChI is InChI=1S/C24H26N4O/c29-23-21-8-4-5-9-22(21)25-24(26-23)28-16-12-20(13-17-28)27-14-10-19(11-15-27)18-6-2-1-3-7-18/h1-10,20H,11-17H2,(H,25,26,29). The molecule has 29 heavy (non-hydrogen) atoms. The average molecular weight is 386 g/mol. The zero-order valence-corrected chi connectivity index (χ0v) is 16.6. The molecule has 0 radical (unpaired) electrons. The molecular weight excluding hydrogens is 360 g/mol. The lowest BCUT2D eigenvalue weighted by molar-refractivity contribution is 0.185.